The lowest BCUT2D eigenvalue weighted by atomic mass is 10.1. The molecule has 108 valence electrons. The van der Waals surface area contributed by atoms with Crippen molar-refractivity contribution in [3.8, 4) is 11.1 Å². The van der Waals surface area contributed by atoms with E-state index in [0.29, 0.717) is 5.82 Å². The van der Waals surface area contributed by atoms with Crippen LogP contribution in [0.5, 0.6) is 0 Å². The molecule has 0 aliphatic carbocycles. The first-order chi connectivity index (χ1) is 10.2. The van der Waals surface area contributed by atoms with E-state index < -0.39 is 0 Å². The molecule has 0 fully saturated rings. The van der Waals surface area contributed by atoms with E-state index in [-0.39, 0.29) is 0 Å². The van der Waals surface area contributed by atoms with Crippen molar-refractivity contribution in [3.05, 3.63) is 40.6 Å². The molecule has 0 amide bonds. The van der Waals surface area contributed by atoms with Gasteiger partial charge in [0.25, 0.3) is 0 Å². The van der Waals surface area contributed by atoms with Crippen molar-refractivity contribution in [2.45, 2.75) is 13.5 Å². The Labute approximate surface area is 131 Å². The van der Waals surface area contributed by atoms with Gasteiger partial charge in [-0.1, -0.05) is 0 Å². The highest BCUT2D eigenvalue weighted by molar-refractivity contribution is 7.11. The summed E-state index contributed by atoms with van der Waals surface area (Å²) in [5, 5.41) is 1.06. The monoisotopic (exact) mass is 317 g/mol. The topological polar surface area (TPSA) is 67.9 Å². The van der Waals surface area contributed by atoms with Crippen molar-refractivity contribution in [3.63, 3.8) is 0 Å². The van der Waals surface area contributed by atoms with Gasteiger partial charge in [-0.15, -0.1) is 11.3 Å². The number of pyridine rings is 1. The van der Waals surface area contributed by atoms with Crippen molar-refractivity contribution >= 4 is 33.7 Å². The van der Waals surface area contributed by atoms with E-state index in [1.165, 1.54) is 16.4 Å². The Morgan fingerprint density at radius 3 is 2.71 bits per heavy atom. The first-order valence-corrected chi connectivity index (χ1v) is 8.07. The summed E-state index contributed by atoms with van der Waals surface area (Å²) in [7, 11) is 2.05. The van der Waals surface area contributed by atoms with Gasteiger partial charge in [0, 0.05) is 24.3 Å². The van der Waals surface area contributed by atoms with E-state index in [1.807, 2.05) is 24.6 Å². The van der Waals surface area contributed by atoms with Gasteiger partial charge in [-0.2, -0.15) is 4.37 Å². The number of thiazole rings is 1. The van der Waals surface area contributed by atoms with E-state index in [2.05, 4.69) is 26.3 Å². The highest BCUT2D eigenvalue weighted by Crippen LogP contribution is 2.39. The number of nitrogens with two attached hydrogens (primary N) is 1. The van der Waals surface area contributed by atoms with Crippen molar-refractivity contribution in [1.82, 2.24) is 14.3 Å². The second kappa shape index (κ2) is 5.79. The third-order valence-electron chi connectivity index (χ3n) is 3.24. The number of hydrogen-bond donors (Lipinski definition) is 1. The zero-order valence-electron chi connectivity index (χ0n) is 11.8. The maximum absolute atomic E-state index is 6.06. The van der Waals surface area contributed by atoms with Crippen LogP contribution in [0, 0.1) is 6.92 Å². The second-order valence-corrected chi connectivity index (χ2v) is 6.39. The van der Waals surface area contributed by atoms with Gasteiger partial charge in [0.15, 0.2) is 0 Å². The van der Waals surface area contributed by atoms with Crippen LogP contribution in [0.1, 0.15) is 10.6 Å². The summed E-state index contributed by atoms with van der Waals surface area (Å²) in [6.45, 7) is 2.83. The molecule has 0 unspecified atom stereocenters. The van der Waals surface area contributed by atoms with Gasteiger partial charge in [-0.3, -0.25) is 4.98 Å². The third kappa shape index (κ3) is 2.74. The summed E-state index contributed by atoms with van der Waals surface area (Å²) in [4.78, 5) is 11.8. The summed E-state index contributed by atoms with van der Waals surface area (Å²) >= 11 is 3.09. The van der Waals surface area contributed by atoms with Gasteiger partial charge in [0.1, 0.15) is 10.8 Å². The maximum Gasteiger partial charge on any atom is 0.147 e. The van der Waals surface area contributed by atoms with Crippen LogP contribution in [0.4, 0.5) is 10.8 Å². The van der Waals surface area contributed by atoms with Gasteiger partial charge < -0.3 is 10.6 Å². The molecule has 3 heterocycles. The second-order valence-electron chi connectivity index (χ2n) is 4.70. The predicted molar refractivity (Wildman–Crippen MR) is 88.7 cm³/mol. The molecule has 0 radical (unpaired) electrons. The van der Waals surface area contributed by atoms with Crippen molar-refractivity contribution in [2.24, 2.45) is 0 Å². The Morgan fingerprint density at radius 1 is 1.29 bits per heavy atom. The van der Waals surface area contributed by atoms with E-state index in [0.717, 1.165) is 28.4 Å². The maximum atomic E-state index is 6.06. The van der Waals surface area contributed by atoms with E-state index >= 15 is 0 Å². The van der Waals surface area contributed by atoms with Gasteiger partial charge in [0.05, 0.1) is 23.3 Å². The van der Waals surface area contributed by atoms with Crippen LogP contribution in [0.2, 0.25) is 0 Å². The largest absolute Gasteiger partial charge is 0.382 e. The number of aromatic nitrogens is 3. The molecule has 5 nitrogen and oxygen atoms in total. The number of nitrogen functional groups attached to an aromatic ring is 1. The minimum absolute atomic E-state index is 0.564. The predicted octanol–water partition coefficient (Wildman–Crippen LogP) is 3.19. The van der Waals surface area contributed by atoms with Crippen molar-refractivity contribution in [2.75, 3.05) is 17.7 Å². The summed E-state index contributed by atoms with van der Waals surface area (Å²) < 4.78 is 4.31. The molecule has 0 aromatic carbocycles. The van der Waals surface area contributed by atoms with Crippen LogP contribution in [-0.2, 0) is 6.54 Å². The van der Waals surface area contributed by atoms with Gasteiger partial charge in [-0.25, -0.2) is 4.98 Å². The molecule has 0 aliphatic rings. The van der Waals surface area contributed by atoms with Gasteiger partial charge in [-0.05, 0) is 36.2 Å². The van der Waals surface area contributed by atoms with Crippen LogP contribution in [0.25, 0.3) is 11.1 Å². The summed E-state index contributed by atoms with van der Waals surface area (Å²) in [6, 6.07) is 3.91. The van der Waals surface area contributed by atoms with E-state index in [4.69, 9.17) is 5.73 Å². The molecule has 0 saturated heterocycles. The van der Waals surface area contributed by atoms with Gasteiger partial charge >= 0.3 is 0 Å². The number of rotatable bonds is 4. The van der Waals surface area contributed by atoms with Crippen LogP contribution in [0.3, 0.4) is 0 Å². The molecule has 0 aliphatic heterocycles. The Bertz CT molecular complexity index is 735. The van der Waals surface area contributed by atoms with E-state index in [9.17, 15) is 0 Å². The summed E-state index contributed by atoms with van der Waals surface area (Å²) in [5.41, 5.74) is 11.0. The summed E-state index contributed by atoms with van der Waals surface area (Å²) in [5.74, 6) is 0.564. The molecule has 7 heteroatoms. The Balaban J connectivity index is 1.94. The Kier molecular flexibility index (Phi) is 3.85. The average molecular weight is 317 g/mol. The SMILES string of the molecule is Cc1ncsc1CN(C)c1snc(N)c1-c1ccncc1. The quantitative estimate of drug-likeness (QED) is 0.800. The first kappa shape index (κ1) is 14.0. The van der Waals surface area contributed by atoms with Crippen LogP contribution in [-0.4, -0.2) is 21.4 Å². The summed E-state index contributed by atoms with van der Waals surface area (Å²) in [6.07, 6.45) is 3.53. The Morgan fingerprint density at radius 2 is 2.05 bits per heavy atom. The number of hydrogen-bond acceptors (Lipinski definition) is 7. The minimum atomic E-state index is 0.564. The zero-order chi connectivity index (χ0) is 14.8. The lowest BCUT2D eigenvalue weighted by Gasteiger charge is -2.18. The lowest BCUT2D eigenvalue weighted by Crippen LogP contribution is -2.15. The molecular weight excluding hydrogens is 302 g/mol. The van der Waals surface area contributed by atoms with Crippen LogP contribution >= 0.6 is 22.9 Å². The molecule has 3 aromatic rings. The van der Waals surface area contributed by atoms with Crippen molar-refractivity contribution in [1.29, 1.82) is 0 Å². The molecule has 0 saturated carbocycles. The highest BCUT2D eigenvalue weighted by Gasteiger charge is 2.18. The van der Waals surface area contributed by atoms with Crippen molar-refractivity contribution < 1.29 is 0 Å². The molecule has 2 N–H and O–H groups in total. The fourth-order valence-corrected chi connectivity index (χ4v) is 3.73. The lowest BCUT2D eigenvalue weighted by molar-refractivity contribution is 0.938. The zero-order valence-corrected chi connectivity index (χ0v) is 13.4. The molecule has 0 spiro atoms. The van der Waals surface area contributed by atoms with Crippen LogP contribution in [0.15, 0.2) is 30.0 Å². The number of aryl methyl sites for hydroxylation is 1. The van der Waals surface area contributed by atoms with E-state index in [1.54, 1.807) is 23.7 Å². The number of anilines is 2. The molecule has 0 bridgehead atoms. The molecule has 3 rings (SSSR count). The fourth-order valence-electron chi connectivity index (χ4n) is 2.11. The standard InChI is InChI=1S/C14H15N5S2/c1-9-11(20-8-17-9)7-19(2)14-12(13(15)18-21-14)10-3-5-16-6-4-10/h3-6,8H,7H2,1-2H3,(H2,15,18). The first-order valence-electron chi connectivity index (χ1n) is 6.42. The third-order valence-corrected chi connectivity index (χ3v) is 5.14. The Hall–Kier alpha value is -1.99. The van der Waals surface area contributed by atoms with Gasteiger partial charge in [0.2, 0.25) is 0 Å². The highest BCUT2D eigenvalue weighted by atomic mass is 32.1. The smallest absolute Gasteiger partial charge is 0.147 e. The molecular formula is C14H15N5S2. The molecule has 21 heavy (non-hydrogen) atoms. The molecule has 0 atom stereocenters. The molecule has 3 aromatic heterocycles. The fraction of sp³-hybridized carbons (Fsp3) is 0.214. The number of nitrogens with zero attached hydrogens (tertiary/aromatic N) is 4. The minimum Gasteiger partial charge on any atom is -0.382 e. The normalized spacial score (nSPS) is 10.8. The average Bonchev–Trinajstić information content (AvgIpc) is 3.06. The van der Waals surface area contributed by atoms with Crippen LogP contribution < -0.4 is 10.6 Å².